The number of aliphatic hydroxyl groups is 1. The molecule has 1 saturated heterocycles. The Morgan fingerprint density at radius 1 is 1.40 bits per heavy atom. The summed E-state index contributed by atoms with van der Waals surface area (Å²) in [5, 5.41) is 10.8. The summed E-state index contributed by atoms with van der Waals surface area (Å²) in [6.45, 7) is 3.83. The zero-order valence-corrected chi connectivity index (χ0v) is 12.2. The lowest BCUT2D eigenvalue weighted by Crippen LogP contribution is -2.53. The van der Waals surface area contributed by atoms with Crippen LogP contribution in [-0.2, 0) is 6.42 Å². The lowest BCUT2D eigenvalue weighted by atomic mass is 9.71. The molecule has 2 heterocycles. The van der Waals surface area contributed by atoms with Gasteiger partial charge in [0.25, 0.3) is 0 Å². The number of nitrogens with two attached hydrogens (primary N) is 1. The highest BCUT2D eigenvalue weighted by Crippen LogP contribution is 2.41. The summed E-state index contributed by atoms with van der Waals surface area (Å²) in [6, 6.07) is 0. The molecule has 3 N–H and O–H groups in total. The van der Waals surface area contributed by atoms with Crippen molar-refractivity contribution in [2.24, 2.45) is 5.92 Å². The molecule has 2 aliphatic rings. The second kappa shape index (κ2) is 5.20. The molecule has 5 nitrogen and oxygen atoms in total. The maximum absolute atomic E-state index is 10.8. The van der Waals surface area contributed by atoms with Gasteiger partial charge in [0.2, 0.25) is 0 Å². The van der Waals surface area contributed by atoms with Crippen molar-refractivity contribution in [3.05, 3.63) is 11.9 Å². The fourth-order valence-corrected chi connectivity index (χ4v) is 3.79. The van der Waals surface area contributed by atoms with Gasteiger partial charge in [0.15, 0.2) is 0 Å². The van der Waals surface area contributed by atoms with Crippen LogP contribution in [0.1, 0.15) is 44.6 Å². The van der Waals surface area contributed by atoms with Crippen molar-refractivity contribution in [3.8, 4) is 0 Å². The summed E-state index contributed by atoms with van der Waals surface area (Å²) in [5.74, 6) is 1.92. The highest BCUT2D eigenvalue weighted by Gasteiger charge is 2.43. The first-order valence-corrected chi connectivity index (χ1v) is 7.70. The van der Waals surface area contributed by atoms with Gasteiger partial charge in [0.1, 0.15) is 18.0 Å². The lowest BCUT2D eigenvalue weighted by molar-refractivity contribution is -0.0613. The van der Waals surface area contributed by atoms with Crippen LogP contribution in [0.4, 0.5) is 11.6 Å². The first kappa shape index (κ1) is 13.6. The van der Waals surface area contributed by atoms with E-state index in [-0.39, 0.29) is 0 Å². The molecule has 5 heteroatoms. The number of rotatable bonds is 2. The maximum atomic E-state index is 10.8. The topological polar surface area (TPSA) is 75.3 Å². The Balaban J connectivity index is 1.84. The molecule has 0 spiro atoms. The third-order valence-corrected chi connectivity index (χ3v) is 5.04. The molecule has 2 unspecified atom stereocenters. The molecular formula is C15H24N4O. The van der Waals surface area contributed by atoms with Crippen molar-refractivity contribution >= 4 is 11.6 Å². The molecule has 0 amide bonds. The van der Waals surface area contributed by atoms with Gasteiger partial charge in [0.05, 0.1) is 5.60 Å². The number of piperidine rings is 1. The van der Waals surface area contributed by atoms with Crippen molar-refractivity contribution in [2.75, 3.05) is 23.7 Å². The zero-order chi connectivity index (χ0) is 14.2. The molecule has 2 fully saturated rings. The molecule has 0 aromatic carbocycles. The van der Waals surface area contributed by atoms with Crippen LogP contribution in [0.5, 0.6) is 0 Å². The van der Waals surface area contributed by atoms with E-state index in [0.717, 1.165) is 56.6 Å². The molecular weight excluding hydrogens is 252 g/mol. The molecule has 110 valence electrons. The SMILES string of the molecule is CCc1c(N)ncnc1N1CCC2(O)CCCCC2C1. The van der Waals surface area contributed by atoms with E-state index in [2.05, 4.69) is 21.8 Å². The second-order valence-corrected chi connectivity index (χ2v) is 6.16. The molecule has 1 aromatic heterocycles. The van der Waals surface area contributed by atoms with E-state index in [0.29, 0.717) is 11.7 Å². The predicted octanol–water partition coefficient (Wildman–Crippen LogP) is 1.75. The van der Waals surface area contributed by atoms with Crippen LogP contribution in [0.25, 0.3) is 0 Å². The van der Waals surface area contributed by atoms with Gasteiger partial charge in [-0.3, -0.25) is 0 Å². The number of aromatic nitrogens is 2. The van der Waals surface area contributed by atoms with Gasteiger partial charge < -0.3 is 15.7 Å². The van der Waals surface area contributed by atoms with E-state index in [1.54, 1.807) is 6.33 Å². The average Bonchev–Trinajstić information content (AvgIpc) is 2.46. The highest BCUT2D eigenvalue weighted by molar-refractivity contribution is 5.57. The minimum absolute atomic E-state index is 0.367. The van der Waals surface area contributed by atoms with Gasteiger partial charge >= 0.3 is 0 Å². The first-order valence-electron chi connectivity index (χ1n) is 7.70. The largest absolute Gasteiger partial charge is 0.389 e. The zero-order valence-electron chi connectivity index (χ0n) is 12.2. The summed E-state index contributed by atoms with van der Waals surface area (Å²) < 4.78 is 0. The van der Waals surface area contributed by atoms with Crippen LogP contribution >= 0.6 is 0 Å². The highest BCUT2D eigenvalue weighted by atomic mass is 16.3. The Labute approximate surface area is 120 Å². The predicted molar refractivity (Wildman–Crippen MR) is 79.6 cm³/mol. The number of anilines is 2. The standard InChI is InChI=1S/C15H24N4O/c1-2-12-13(16)17-10-18-14(12)19-8-7-15(20)6-4-3-5-11(15)9-19/h10-11,20H,2-9H2,1H3,(H2,16,17,18). The molecule has 20 heavy (non-hydrogen) atoms. The van der Waals surface area contributed by atoms with E-state index in [9.17, 15) is 5.11 Å². The van der Waals surface area contributed by atoms with Crippen LogP contribution in [0.3, 0.4) is 0 Å². The number of hydrogen-bond acceptors (Lipinski definition) is 5. The van der Waals surface area contributed by atoms with Crippen LogP contribution < -0.4 is 10.6 Å². The Bertz CT molecular complexity index is 493. The quantitative estimate of drug-likeness (QED) is 0.860. The molecule has 1 aromatic rings. The van der Waals surface area contributed by atoms with Crippen LogP contribution in [0.2, 0.25) is 0 Å². The number of fused-ring (bicyclic) bond motifs is 1. The van der Waals surface area contributed by atoms with Crippen molar-refractivity contribution in [2.45, 2.75) is 51.0 Å². The Morgan fingerprint density at radius 3 is 3.05 bits per heavy atom. The molecule has 0 bridgehead atoms. The van der Waals surface area contributed by atoms with Gasteiger partial charge in [-0.25, -0.2) is 9.97 Å². The number of nitrogens with zero attached hydrogens (tertiary/aromatic N) is 3. The van der Waals surface area contributed by atoms with E-state index < -0.39 is 5.60 Å². The van der Waals surface area contributed by atoms with Crippen LogP contribution in [0, 0.1) is 5.92 Å². The van der Waals surface area contributed by atoms with Crippen LogP contribution in [-0.4, -0.2) is 33.8 Å². The monoisotopic (exact) mass is 276 g/mol. The molecule has 1 saturated carbocycles. The minimum atomic E-state index is -0.445. The third-order valence-electron chi connectivity index (χ3n) is 5.04. The summed E-state index contributed by atoms with van der Waals surface area (Å²) >= 11 is 0. The fourth-order valence-electron chi connectivity index (χ4n) is 3.79. The van der Waals surface area contributed by atoms with E-state index in [4.69, 9.17) is 5.73 Å². The molecule has 1 aliphatic heterocycles. The smallest absolute Gasteiger partial charge is 0.137 e. The summed E-state index contributed by atoms with van der Waals surface area (Å²) in [7, 11) is 0. The Hall–Kier alpha value is -1.36. The molecule has 0 radical (unpaired) electrons. The van der Waals surface area contributed by atoms with E-state index in [1.807, 2.05) is 0 Å². The van der Waals surface area contributed by atoms with Crippen molar-refractivity contribution in [1.82, 2.24) is 9.97 Å². The van der Waals surface area contributed by atoms with Crippen molar-refractivity contribution in [3.63, 3.8) is 0 Å². The first-order chi connectivity index (χ1) is 9.64. The second-order valence-electron chi connectivity index (χ2n) is 6.16. The van der Waals surface area contributed by atoms with Gasteiger partial charge in [-0.2, -0.15) is 0 Å². The van der Waals surface area contributed by atoms with Gasteiger partial charge in [-0.05, 0) is 25.7 Å². The lowest BCUT2D eigenvalue weighted by Gasteiger charge is -2.48. The van der Waals surface area contributed by atoms with Crippen molar-refractivity contribution in [1.29, 1.82) is 0 Å². The minimum Gasteiger partial charge on any atom is -0.389 e. The number of hydrogen-bond donors (Lipinski definition) is 2. The Kier molecular flexibility index (Phi) is 3.54. The Morgan fingerprint density at radius 2 is 2.25 bits per heavy atom. The van der Waals surface area contributed by atoms with Crippen molar-refractivity contribution < 1.29 is 5.11 Å². The van der Waals surface area contributed by atoms with E-state index >= 15 is 0 Å². The third kappa shape index (κ3) is 2.24. The summed E-state index contributed by atoms with van der Waals surface area (Å²) in [5.41, 5.74) is 6.56. The normalized spacial score (nSPS) is 30.1. The number of nitrogen functional groups attached to an aromatic ring is 1. The molecule has 1 aliphatic carbocycles. The van der Waals surface area contributed by atoms with Gasteiger partial charge in [0, 0.05) is 24.6 Å². The fraction of sp³-hybridized carbons (Fsp3) is 0.733. The van der Waals surface area contributed by atoms with Gasteiger partial charge in [-0.1, -0.05) is 19.8 Å². The van der Waals surface area contributed by atoms with Crippen LogP contribution in [0.15, 0.2) is 6.33 Å². The maximum Gasteiger partial charge on any atom is 0.137 e. The molecule has 2 atom stereocenters. The average molecular weight is 276 g/mol. The molecule has 3 rings (SSSR count). The summed E-state index contributed by atoms with van der Waals surface area (Å²) in [6.07, 6.45) is 7.69. The summed E-state index contributed by atoms with van der Waals surface area (Å²) in [4.78, 5) is 10.8. The van der Waals surface area contributed by atoms with E-state index in [1.165, 1.54) is 6.42 Å². The van der Waals surface area contributed by atoms with Gasteiger partial charge in [-0.15, -0.1) is 0 Å².